The number of aryl methyl sites for hydroxylation is 1. The number of rotatable bonds is 4. The molecule has 0 spiro atoms. The van der Waals surface area contributed by atoms with Gasteiger partial charge in [-0.05, 0) is 59.7 Å². The molecule has 3 rings (SSSR count). The van der Waals surface area contributed by atoms with Gasteiger partial charge >= 0.3 is 11.8 Å². The summed E-state index contributed by atoms with van der Waals surface area (Å²) in [5.41, 5.74) is -2.30. The molecule has 0 N–H and O–H groups in total. The van der Waals surface area contributed by atoms with Gasteiger partial charge in [0.1, 0.15) is 23.9 Å². The molecule has 10 nitrogen and oxygen atoms in total. The third-order valence-electron chi connectivity index (χ3n) is 6.68. The second-order valence-corrected chi connectivity index (χ2v) is 17.1. The van der Waals surface area contributed by atoms with Crippen LogP contribution < -0.4 is 11.2 Å². The largest absolute Gasteiger partial charge is 0.443 e. The van der Waals surface area contributed by atoms with E-state index in [-0.39, 0.29) is 17.2 Å². The Labute approximate surface area is 207 Å². The van der Waals surface area contributed by atoms with E-state index in [2.05, 4.69) is 33.9 Å². The van der Waals surface area contributed by atoms with E-state index in [9.17, 15) is 14.4 Å². The lowest BCUT2D eigenvalue weighted by Crippen LogP contribution is -2.48. The van der Waals surface area contributed by atoms with Crippen molar-refractivity contribution in [1.29, 1.82) is 0 Å². The molecular weight excluding hydrogens is 472 g/mol. The third-order valence-corrected chi connectivity index (χ3v) is 11.2. The molecular formula is C24H40N2O8Si. The monoisotopic (exact) mass is 512 g/mol. The fourth-order valence-electron chi connectivity index (χ4n) is 3.87. The van der Waals surface area contributed by atoms with Gasteiger partial charge in [-0.1, -0.05) is 20.8 Å². The van der Waals surface area contributed by atoms with Crippen molar-refractivity contribution >= 4 is 14.4 Å². The SMILES string of the molecule is Cc1cn([C@@H]2O[C@H](CO[Si](C)(C)C(C)(C)C)[C@H]3OC(C)(C)O[C@H]32)c(=O)n(C(=O)OC(C)(C)C)c1=O. The first-order chi connectivity index (χ1) is 15.7. The Kier molecular flexibility index (Phi) is 7.10. The molecule has 3 heterocycles. The fourth-order valence-corrected chi connectivity index (χ4v) is 4.89. The molecule has 1 aromatic heterocycles. The summed E-state index contributed by atoms with van der Waals surface area (Å²) in [5, 5.41) is 0.00761. The number of ether oxygens (including phenoxy) is 4. The molecule has 2 aliphatic rings. The molecule has 2 aliphatic heterocycles. The lowest BCUT2D eigenvalue weighted by atomic mass is 10.1. The topological polar surface area (TPSA) is 107 Å². The van der Waals surface area contributed by atoms with Gasteiger partial charge in [0, 0.05) is 11.8 Å². The zero-order chi connectivity index (χ0) is 26.7. The first-order valence-corrected chi connectivity index (χ1v) is 14.9. The van der Waals surface area contributed by atoms with Crippen LogP contribution in [0.4, 0.5) is 4.79 Å². The van der Waals surface area contributed by atoms with E-state index in [1.165, 1.54) is 17.7 Å². The molecule has 0 unspecified atom stereocenters. The Hall–Kier alpha value is -1.79. The minimum atomic E-state index is -2.08. The second kappa shape index (κ2) is 8.95. The summed E-state index contributed by atoms with van der Waals surface area (Å²) in [6.07, 6.45) is -2.21. The van der Waals surface area contributed by atoms with Gasteiger partial charge in [0.05, 0.1) is 6.61 Å². The van der Waals surface area contributed by atoms with Crippen molar-refractivity contribution in [2.45, 2.75) is 116 Å². The zero-order valence-corrected chi connectivity index (χ0v) is 23.8. The average Bonchev–Trinajstić information content (AvgIpc) is 3.14. The highest BCUT2D eigenvalue weighted by Gasteiger charge is 2.56. The Bertz CT molecular complexity index is 1090. The lowest BCUT2D eigenvalue weighted by molar-refractivity contribution is -0.200. The van der Waals surface area contributed by atoms with E-state index in [0.29, 0.717) is 4.57 Å². The molecule has 0 saturated carbocycles. The molecule has 2 fully saturated rings. The highest BCUT2D eigenvalue weighted by Crippen LogP contribution is 2.44. The van der Waals surface area contributed by atoms with Crippen LogP contribution in [-0.2, 0) is 23.4 Å². The molecule has 0 aliphatic carbocycles. The van der Waals surface area contributed by atoms with Crippen molar-refractivity contribution in [3.8, 4) is 0 Å². The highest BCUT2D eigenvalue weighted by atomic mass is 28.4. The van der Waals surface area contributed by atoms with Crippen LogP contribution in [0.5, 0.6) is 0 Å². The lowest BCUT2D eigenvalue weighted by Gasteiger charge is -2.37. The molecule has 4 atom stereocenters. The van der Waals surface area contributed by atoms with Crippen LogP contribution in [0.3, 0.4) is 0 Å². The maximum Gasteiger partial charge on any atom is 0.425 e. The Morgan fingerprint density at radius 3 is 2.20 bits per heavy atom. The summed E-state index contributed by atoms with van der Waals surface area (Å²) in [6, 6.07) is 0. The number of aromatic nitrogens is 2. The van der Waals surface area contributed by atoms with Gasteiger partial charge in [0.25, 0.3) is 5.56 Å². The smallest absolute Gasteiger partial charge is 0.425 e. The van der Waals surface area contributed by atoms with Crippen molar-refractivity contribution in [2.75, 3.05) is 6.61 Å². The summed E-state index contributed by atoms with van der Waals surface area (Å²) in [6.45, 7) is 21.1. The number of fused-ring (bicyclic) bond motifs is 1. The van der Waals surface area contributed by atoms with Crippen LogP contribution in [0.25, 0.3) is 0 Å². The van der Waals surface area contributed by atoms with Gasteiger partial charge in [0.15, 0.2) is 20.3 Å². The predicted molar refractivity (Wildman–Crippen MR) is 132 cm³/mol. The van der Waals surface area contributed by atoms with Crippen molar-refractivity contribution in [1.82, 2.24) is 9.13 Å². The summed E-state index contributed by atoms with van der Waals surface area (Å²) >= 11 is 0. The zero-order valence-electron chi connectivity index (χ0n) is 22.8. The summed E-state index contributed by atoms with van der Waals surface area (Å²) in [5.74, 6) is -0.898. The molecule has 0 radical (unpaired) electrons. The van der Waals surface area contributed by atoms with Crippen molar-refractivity contribution in [2.24, 2.45) is 0 Å². The number of carbonyl (C=O) groups excluding carboxylic acids is 1. The molecule has 35 heavy (non-hydrogen) atoms. The van der Waals surface area contributed by atoms with Gasteiger partial charge in [-0.25, -0.2) is 9.59 Å². The summed E-state index contributed by atoms with van der Waals surface area (Å²) in [4.78, 5) is 38.8. The average molecular weight is 513 g/mol. The van der Waals surface area contributed by atoms with Crippen LogP contribution in [-0.4, -0.2) is 59.9 Å². The van der Waals surface area contributed by atoms with Crippen LogP contribution in [0.1, 0.15) is 67.2 Å². The Morgan fingerprint density at radius 1 is 1.09 bits per heavy atom. The van der Waals surface area contributed by atoms with Gasteiger partial charge in [-0.15, -0.1) is 0 Å². The number of hydrogen-bond donors (Lipinski definition) is 0. The van der Waals surface area contributed by atoms with E-state index < -0.39 is 61.6 Å². The van der Waals surface area contributed by atoms with E-state index in [4.69, 9.17) is 23.4 Å². The Balaban J connectivity index is 1.99. The summed E-state index contributed by atoms with van der Waals surface area (Å²) < 4.78 is 31.9. The molecule has 0 aromatic carbocycles. The maximum absolute atomic E-state index is 13.4. The molecule has 11 heteroatoms. The van der Waals surface area contributed by atoms with Crippen LogP contribution in [0.2, 0.25) is 18.1 Å². The quantitative estimate of drug-likeness (QED) is 0.564. The standard InChI is InChI=1S/C24H40N2O8Si/c1-14-12-25(20(28)26(18(14)27)21(29)34-22(2,3)4)19-17-16(32-24(8,9)33-17)15(31-19)13-30-35(10,11)23(5,6)7/h12,15-17,19H,13H2,1-11H3/t15-,16-,17-,19-/m1/s1. The normalized spacial score (nSPS) is 26.6. The number of carbonyl (C=O) groups is 1. The van der Waals surface area contributed by atoms with E-state index in [1.54, 1.807) is 34.6 Å². The van der Waals surface area contributed by atoms with Gasteiger partial charge < -0.3 is 23.4 Å². The van der Waals surface area contributed by atoms with E-state index in [0.717, 1.165) is 0 Å². The van der Waals surface area contributed by atoms with Gasteiger partial charge in [0.2, 0.25) is 0 Å². The molecule has 2 saturated heterocycles. The highest BCUT2D eigenvalue weighted by molar-refractivity contribution is 6.74. The third kappa shape index (κ3) is 5.64. The number of nitrogens with zero attached hydrogens (tertiary/aromatic N) is 2. The second-order valence-electron chi connectivity index (χ2n) is 12.3. The number of hydrogen-bond acceptors (Lipinski definition) is 8. The molecule has 198 valence electrons. The van der Waals surface area contributed by atoms with Gasteiger partial charge in [-0.2, -0.15) is 4.57 Å². The predicted octanol–water partition coefficient (Wildman–Crippen LogP) is 3.54. The minimum Gasteiger partial charge on any atom is -0.443 e. The minimum absolute atomic E-state index is 0.00761. The molecule has 1 aromatic rings. The summed E-state index contributed by atoms with van der Waals surface area (Å²) in [7, 11) is -2.08. The van der Waals surface area contributed by atoms with E-state index >= 15 is 0 Å². The van der Waals surface area contributed by atoms with Crippen molar-refractivity contribution < 1.29 is 28.2 Å². The molecule has 0 amide bonds. The van der Waals surface area contributed by atoms with Crippen LogP contribution in [0, 0.1) is 6.92 Å². The molecule has 0 bridgehead atoms. The van der Waals surface area contributed by atoms with E-state index in [1.807, 2.05) is 0 Å². The first kappa shape index (κ1) is 27.8. The van der Waals surface area contributed by atoms with Crippen LogP contribution >= 0.6 is 0 Å². The first-order valence-electron chi connectivity index (χ1n) is 12.0. The van der Waals surface area contributed by atoms with Gasteiger partial charge in [-0.3, -0.25) is 9.36 Å². The maximum atomic E-state index is 13.4. The Morgan fingerprint density at radius 2 is 1.66 bits per heavy atom. The fraction of sp³-hybridized carbons (Fsp3) is 0.792. The van der Waals surface area contributed by atoms with Crippen molar-refractivity contribution in [3.63, 3.8) is 0 Å². The van der Waals surface area contributed by atoms with Crippen molar-refractivity contribution in [3.05, 3.63) is 32.6 Å². The van der Waals surface area contributed by atoms with Crippen LogP contribution in [0.15, 0.2) is 15.8 Å².